The molecule has 0 unspecified atom stereocenters. The molecular weight excluding hydrogens is 272 g/mol. The van der Waals surface area contributed by atoms with Crippen LogP contribution >= 0.6 is 0 Å². The molecule has 1 saturated heterocycles. The Hall–Kier alpha value is -1.95. The van der Waals surface area contributed by atoms with Crippen LogP contribution in [0.5, 0.6) is 0 Å². The van der Waals surface area contributed by atoms with Crippen molar-refractivity contribution in [2.45, 2.75) is 31.8 Å². The highest BCUT2D eigenvalue weighted by Gasteiger charge is 2.29. The van der Waals surface area contributed by atoms with E-state index in [1.54, 1.807) is 12.1 Å². The number of hydrogen-bond donors (Lipinski definition) is 0. The van der Waals surface area contributed by atoms with Crippen molar-refractivity contribution >= 4 is 11.9 Å². The van der Waals surface area contributed by atoms with Gasteiger partial charge in [0.15, 0.2) is 0 Å². The van der Waals surface area contributed by atoms with E-state index in [-0.39, 0.29) is 17.7 Å². The molecule has 2 rings (SSSR count). The molecule has 0 spiro atoms. The van der Waals surface area contributed by atoms with Gasteiger partial charge in [0, 0.05) is 6.54 Å². The molecule has 0 aromatic carbocycles. The molecule has 1 aromatic rings. The second kappa shape index (κ2) is 7.17. The lowest BCUT2D eigenvalue weighted by atomic mass is 10.0. The van der Waals surface area contributed by atoms with Crippen LogP contribution in [-0.2, 0) is 20.8 Å². The molecule has 0 N–H and O–H groups in total. The van der Waals surface area contributed by atoms with E-state index in [0.717, 1.165) is 31.5 Å². The largest absolute Gasteiger partial charge is 0.468 e. The minimum Gasteiger partial charge on any atom is -0.468 e. The van der Waals surface area contributed by atoms with Crippen LogP contribution in [0.1, 0.15) is 35.4 Å². The number of likely N-dealkylation sites (tertiary alicyclic amines) is 1. The van der Waals surface area contributed by atoms with Crippen LogP contribution in [-0.4, -0.2) is 48.6 Å². The fraction of sp³-hybridized carbons (Fsp3) is 0.533. The molecule has 0 radical (unpaired) electrons. The highest BCUT2D eigenvalue weighted by molar-refractivity contribution is 5.87. The first-order valence-corrected chi connectivity index (χ1v) is 7.02. The van der Waals surface area contributed by atoms with Gasteiger partial charge in [0.25, 0.3) is 0 Å². The van der Waals surface area contributed by atoms with Crippen molar-refractivity contribution in [2.75, 3.05) is 20.8 Å². The lowest BCUT2D eigenvalue weighted by molar-refractivity contribution is -0.148. The van der Waals surface area contributed by atoms with Crippen LogP contribution < -0.4 is 0 Å². The summed E-state index contributed by atoms with van der Waals surface area (Å²) < 4.78 is 9.53. The van der Waals surface area contributed by atoms with Crippen molar-refractivity contribution < 1.29 is 19.1 Å². The van der Waals surface area contributed by atoms with Gasteiger partial charge in [-0.1, -0.05) is 12.5 Å². The van der Waals surface area contributed by atoms with E-state index in [1.165, 1.54) is 14.2 Å². The summed E-state index contributed by atoms with van der Waals surface area (Å²) in [7, 11) is 2.74. The molecule has 0 saturated carbocycles. The molecule has 1 aromatic heterocycles. The van der Waals surface area contributed by atoms with Crippen LogP contribution in [0.4, 0.5) is 0 Å². The van der Waals surface area contributed by atoms with E-state index in [9.17, 15) is 9.59 Å². The third-order valence-corrected chi connectivity index (χ3v) is 3.65. The van der Waals surface area contributed by atoms with Crippen molar-refractivity contribution in [3.8, 4) is 0 Å². The van der Waals surface area contributed by atoms with Gasteiger partial charge in [-0.05, 0) is 31.5 Å². The minimum absolute atomic E-state index is 0.209. The van der Waals surface area contributed by atoms with Crippen LogP contribution in [0, 0.1) is 0 Å². The molecule has 1 aliphatic heterocycles. The highest BCUT2D eigenvalue weighted by Crippen LogP contribution is 2.20. The fourth-order valence-corrected chi connectivity index (χ4v) is 2.58. The maximum atomic E-state index is 11.8. The lowest BCUT2D eigenvalue weighted by Gasteiger charge is -2.33. The van der Waals surface area contributed by atoms with Gasteiger partial charge in [-0.25, -0.2) is 9.78 Å². The van der Waals surface area contributed by atoms with Gasteiger partial charge in [-0.15, -0.1) is 0 Å². The average molecular weight is 292 g/mol. The number of esters is 2. The topological polar surface area (TPSA) is 68.7 Å². The number of aromatic nitrogens is 1. The van der Waals surface area contributed by atoms with E-state index >= 15 is 0 Å². The number of nitrogens with zero attached hydrogens (tertiary/aromatic N) is 2. The molecule has 0 bridgehead atoms. The Morgan fingerprint density at radius 2 is 2.10 bits per heavy atom. The van der Waals surface area contributed by atoms with Gasteiger partial charge in [-0.3, -0.25) is 9.69 Å². The smallest absolute Gasteiger partial charge is 0.356 e. The summed E-state index contributed by atoms with van der Waals surface area (Å²) in [6.45, 7) is 1.34. The molecule has 6 nitrogen and oxygen atoms in total. The maximum Gasteiger partial charge on any atom is 0.356 e. The van der Waals surface area contributed by atoms with Gasteiger partial charge >= 0.3 is 11.9 Å². The molecule has 0 amide bonds. The van der Waals surface area contributed by atoms with Crippen molar-refractivity contribution in [2.24, 2.45) is 0 Å². The second-order valence-electron chi connectivity index (χ2n) is 5.01. The zero-order valence-electron chi connectivity index (χ0n) is 12.4. The summed E-state index contributed by atoms with van der Waals surface area (Å²) in [6.07, 6.45) is 2.86. The Balaban J connectivity index is 2.12. The predicted octanol–water partition coefficient (Wildman–Crippen LogP) is 1.40. The normalized spacial score (nSPS) is 19.0. The zero-order valence-corrected chi connectivity index (χ0v) is 12.4. The summed E-state index contributed by atoms with van der Waals surface area (Å²) in [5.74, 6) is -0.668. The van der Waals surface area contributed by atoms with E-state index in [0.29, 0.717) is 6.54 Å². The first kappa shape index (κ1) is 15.4. The molecule has 0 aliphatic carbocycles. The molecule has 1 atom stereocenters. The third kappa shape index (κ3) is 3.78. The summed E-state index contributed by atoms with van der Waals surface area (Å²) in [6, 6.07) is 5.00. The Labute approximate surface area is 124 Å². The summed E-state index contributed by atoms with van der Waals surface area (Å²) in [5.41, 5.74) is 1.02. The standard InChI is InChI=1S/C15H20N2O4/c1-20-14(18)12-7-5-6-11(16-12)10-17-9-4-3-8-13(17)15(19)21-2/h5-7,13H,3-4,8-10H2,1-2H3/t13-/m1/s1. The SMILES string of the molecule is COC(=O)c1cccc(CN2CCCC[C@@H]2C(=O)OC)n1. The molecule has 2 heterocycles. The van der Waals surface area contributed by atoms with Crippen molar-refractivity contribution in [1.82, 2.24) is 9.88 Å². The Morgan fingerprint density at radius 3 is 2.81 bits per heavy atom. The number of pyridine rings is 1. The fourth-order valence-electron chi connectivity index (χ4n) is 2.58. The predicted molar refractivity (Wildman–Crippen MR) is 75.6 cm³/mol. The number of carbonyl (C=O) groups excluding carboxylic acids is 2. The van der Waals surface area contributed by atoms with Gasteiger partial charge in [0.2, 0.25) is 0 Å². The zero-order chi connectivity index (χ0) is 15.2. The number of rotatable bonds is 4. The monoisotopic (exact) mass is 292 g/mol. The Bertz CT molecular complexity index is 518. The van der Waals surface area contributed by atoms with Crippen LogP contribution in [0.2, 0.25) is 0 Å². The second-order valence-corrected chi connectivity index (χ2v) is 5.01. The summed E-state index contributed by atoms with van der Waals surface area (Å²) >= 11 is 0. The molecular formula is C15H20N2O4. The summed E-state index contributed by atoms with van der Waals surface area (Å²) in [4.78, 5) is 29.7. The highest BCUT2D eigenvalue weighted by atomic mass is 16.5. The number of carbonyl (C=O) groups is 2. The first-order chi connectivity index (χ1) is 10.2. The number of piperidine rings is 1. The van der Waals surface area contributed by atoms with Gasteiger partial charge in [0.05, 0.1) is 19.9 Å². The molecule has 21 heavy (non-hydrogen) atoms. The number of ether oxygens (including phenoxy) is 2. The Kier molecular flexibility index (Phi) is 5.27. The first-order valence-electron chi connectivity index (χ1n) is 7.02. The van der Waals surface area contributed by atoms with Crippen molar-refractivity contribution in [3.05, 3.63) is 29.6 Å². The lowest BCUT2D eigenvalue weighted by Crippen LogP contribution is -2.44. The van der Waals surface area contributed by atoms with Crippen molar-refractivity contribution in [1.29, 1.82) is 0 Å². The maximum absolute atomic E-state index is 11.8. The van der Waals surface area contributed by atoms with Gasteiger partial charge in [-0.2, -0.15) is 0 Å². The molecule has 1 aliphatic rings. The van der Waals surface area contributed by atoms with E-state index < -0.39 is 5.97 Å². The van der Waals surface area contributed by atoms with Gasteiger partial charge < -0.3 is 9.47 Å². The van der Waals surface area contributed by atoms with E-state index in [2.05, 4.69) is 14.6 Å². The molecule has 6 heteroatoms. The minimum atomic E-state index is -0.458. The summed E-state index contributed by atoms with van der Waals surface area (Å²) in [5, 5.41) is 0. The van der Waals surface area contributed by atoms with Crippen LogP contribution in [0.3, 0.4) is 0 Å². The molecule has 1 fully saturated rings. The third-order valence-electron chi connectivity index (χ3n) is 3.65. The molecule has 114 valence electrons. The Morgan fingerprint density at radius 1 is 1.29 bits per heavy atom. The van der Waals surface area contributed by atoms with E-state index in [1.807, 2.05) is 6.07 Å². The average Bonchev–Trinajstić information content (AvgIpc) is 2.54. The number of hydrogen-bond acceptors (Lipinski definition) is 6. The van der Waals surface area contributed by atoms with E-state index in [4.69, 9.17) is 4.74 Å². The quantitative estimate of drug-likeness (QED) is 0.781. The van der Waals surface area contributed by atoms with Gasteiger partial charge in [0.1, 0.15) is 11.7 Å². The number of methoxy groups -OCH3 is 2. The van der Waals surface area contributed by atoms with Crippen LogP contribution in [0.25, 0.3) is 0 Å². The van der Waals surface area contributed by atoms with Crippen molar-refractivity contribution in [3.63, 3.8) is 0 Å². The van der Waals surface area contributed by atoms with Crippen LogP contribution in [0.15, 0.2) is 18.2 Å².